The quantitative estimate of drug-likeness (QED) is 0.575. The fraction of sp³-hybridized carbons (Fsp3) is 0.400. The van der Waals surface area contributed by atoms with Crippen molar-refractivity contribution in [2.45, 2.75) is 6.42 Å². The van der Waals surface area contributed by atoms with Gasteiger partial charge in [-0.05, 0) is 18.2 Å². The van der Waals surface area contributed by atoms with Gasteiger partial charge in [-0.25, -0.2) is 0 Å². The summed E-state index contributed by atoms with van der Waals surface area (Å²) in [6, 6.07) is 6.87. The van der Waals surface area contributed by atoms with E-state index in [2.05, 4.69) is 31.4 Å². The van der Waals surface area contributed by atoms with Gasteiger partial charge in [-0.2, -0.15) is 0 Å². The molecule has 20 heavy (non-hydrogen) atoms. The fourth-order valence-corrected chi connectivity index (χ4v) is 2.11. The van der Waals surface area contributed by atoms with Crippen LogP contribution in [0.5, 0.6) is 5.75 Å². The molecule has 2 aromatic rings. The molecule has 1 aromatic heterocycles. The summed E-state index contributed by atoms with van der Waals surface area (Å²) in [4.78, 5) is 15.0. The number of aromatic amines is 1. The van der Waals surface area contributed by atoms with Crippen LogP contribution in [0.3, 0.4) is 0 Å². The summed E-state index contributed by atoms with van der Waals surface area (Å²) in [7, 11) is 6.38. The third kappa shape index (κ3) is 3.51. The Kier molecular flexibility index (Phi) is 3.99. The Bertz CT molecular complexity index is 611. The Hall–Kier alpha value is -2.01. The lowest BCUT2D eigenvalue weighted by Crippen LogP contribution is -2.37. The minimum atomic E-state index is -0.137. The highest BCUT2D eigenvalue weighted by Crippen LogP contribution is 2.24. The van der Waals surface area contributed by atoms with Crippen LogP contribution in [0.2, 0.25) is 0 Å². The number of amides is 1. The molecule has 0 saturated carbocycles. The maximum atomic E-state index is 12.0. The first-order valence-corrected chi connectivity index (χ1v) is 6.76. The third-order valence-electron chi connectivity index (χ3n) is 3.18. The Morgan fingerprint density at radius 3 is 2.75 bits per heavy atom. The molecule has 108 valence electrons. The molecule has 0 spiro atoms. The summed E-state index contributed by atoms with van der Waals surface area (Å²) in [5.74, 6) is 0.0461. The maximum absolute atomic E-state index is 12.0. The monoisotopic (exact) mass is 276 g/mol. The van der Waals surface area contributed by atoms with Gasteiger partial charge in [0.15, 0.2) is 0 Å². The highest BCUT2D eigenvalue weighted by atomic mass is 16.3. The van der Waals surface area contributed by atoms with Gasteiger partial charge in [-0.15, -0.1) is 0 Å². The second-order valence-electron chi connectivity index (χ2n) is 6.04. The topological polar surface area (TPSA) is 65.1 Å². The van der Waals surface area contributed by atoms with Crippen LogP contribution in [-0.2, 0) is 0 Å². The molecule has 0 aliphatic rings. The number of aromatic hydroxyl groups is 1. The minimum absolute atomic E-state index is 0.137. The largest absolute Gasteiger partial charge is 0.507 e. The Balaban J connectivity index is 1.96. The highest BCUT2D eigenvalue weighted by molar-refractivity contribution is 5.99. The number of nitrogens with one attached hydrogen (secondary N) is 2. The zero-order chi connectivity index (χ0) is 14.8. The van der Waals surface area contributed by atoms with E-state index in [1.165, 1.54) is 0 Å². The van der Waals surface area contributed by atoms with Gasteiger partial charge in [0.05, 0.1) is 27.7 Å². The number of aromatic nitrogens is 1. The summed E-state index contributed by atoms with van der Waals surface area (Å²) >= 11 is 0. The van der Waals surface area contributed by atoms with Crippen molar-refractivity contribution in [1.29, 1.82) is 0 Å². The molecule has 0 aliphatic carbocycles. The number of carbonyl (C=O) groups is 1. The normalized spacial score (nSPS) is 11.8. The Labute approximate surface area is 118 Å². The van der Waals surface area contributed by atoms with Crippen molar-refractivity contribution in [2.75, 3.05) is 34.2 Å². The number of nitrogens with zero attached hydrogens (tertiary/aromatic N) is 1. The summed E-state index contributed by atoms with van der Waals surface area (Å²) in [5, 5.41) is 13.3. The lowest BCUT2D eigenvalue weighted by atomic mass is 10.2. The number of rotatable bonds is 5. The molecular formula is C15H22N3O2+. The van der Waals surface area contributed by atoms with Crippen molar-refractivity contribution >= 4 is 16.8 Å². The van der Waals surface area contributed by atoms with Gasteiger partial charge in [0.25, 0.3) is 5.91 Å². The van der Waals surface area contributed by atoms with Crippen LogP contribution in [0.4, 0.5) is 0 Å². The number of benzene rings is 1. The van der Waals surface area contributed by atoms with Crippen LogP contribution in [0.1, 0.15) is 16.9 Å². The van der Waals surface area contributed by atoms with Crippen molar-refractivity contribution in [1.82, 2.24) is 10.3 Å². The predicted octanol–water partition coefficient (Wildman–Crippen LogP) is 1.70. The molecule has 0 bridgehead atoms. The molecular weight excluding hydrogens is 254 g/mol. The van der Waals surface area contributed by atoms with E-state index in [4.69, 9.17) is 0 Å². The molecule has 0 aliphatic heterocycles. The van der Waals surface area contributed by atoms with Crippen LogP contribution < -0.4 is 5.32 Å². The standard InChI is InChI=1S/C15H21N3O2/c1-18(2,3)9-5-8-16-15(20)13-10-11-12(17-13)6-4-7-14(11)19/h4,6-7,10H,5,8-9H2,1-3H3,(H2-,16,17,19,20)/p+1. The average Bonchev–Trinajstić information content (AvgIpc) is 2.79. The Morgan fingerprint density at radius 1 is 1.35 bits per heavy atom. The van der Waals surface area contributed by atoms with Crippen molar-refractivity contribution < 1.29 is 14.4 Å². The number of quaternary nitrogens is 1. The number of hydrogen-bond acceptors (Lipinski definition) is 2. The first kappa shape index (κ1) is 14.4. The van der Waals surface area contributed by atoms with Crippen LogP contribution in [-0.4, -0.2) is 54.7 Å². The molecule has 1 aromatic carbocycles. The van der Waals surface area contributed by atoms with E-state index >= 15 is 0 Å². The van der Waals surface area contributed by atoms with E-state index in [0.717, 1.165) is 23.0 Å². The van der Waals surface area contributed by atoms with Gasteiger partial charge in [0.1, 0.15) is 11.4 Å². The lowest BCUT2D eigenvalue weighted by Gasteiger charge is -2.23. The summed E-state index contributed by atoms with van der Waals surface area (Å²) in [6.45, 7) is 1.66. The van der Waals surface area contributed by atoms with Crippen LogP contribution in [0.15, 0.2) is 24.3 Å². The van der Waals surface area contributed by atoms with Gasteiger partial charge in [-0.1, -0.05) is 6.07 Å². The third-order valence-corrected chi connectivity index (χ3v) is 3.18. The molecule has 1 heterocycles. The van der Waals surface area contributed by atoms with Gasteiger partial charge in [0, 0.05) is 23.9 Å². The highest BCUT2D eigenvalue weighted by Gasteiger charge is 2.11. The molecule has 0 fully saturated rings. The molecule has 1 amide bonds. The smallest absolute Gasteiger partial charge is 0.267 e. The van der Waals surface area contributed by atoms with E-state index in [0.29, 0.717) is 17.6 Å². The van der Waals surface area contributed by atoms with Crippen molar-refractivity contribution in [3.63, 3.8) is 0 Å². The van der Waals surface area contributed by atoms with E-state index < -0.39 is 0 Å². The summed E-state index contributed by atoms with van der Waals surface area (Å²) < 4.78 is 0.885. The number of carbonyl (C=O) groups excluding carboxylic acids is 1. The van der Waals surface area contributed by atoms with Crippen LogP contribution >= 0.6 is 0 Å². The summed E-state index contributed by atoms with van der Waals surface area (Å²) in [5.41, 5.74) is 1.24. The number of fused-ring (bicyclic) bond motifs is 1. The molecule has 5 heteroatoms. The predicted molar refractivity (Wildman–Crippen MR) is 79.8 cm³/mol. The molecule has 0 unspecified atom stereocenters. The van der Waals surface area contributed by atoms with Gasteiger partial charge in [-0.3, -0.25) is 4.79 Å². The zero-order valence-electron chi connectivity index (χ0n) is 12.2. The van der Waals surface area contributed by atoms with Crippen LogP contribution in [0, 0.1) is 0 Å². The average molecular weight is 276 g/mol. The number of H-pyrrole nitrogens is 1. The van der Waals surface area contributed by atoms with Gasteiger partial charge >= 0.3 is 0 Å². The fourth-order valence-electron chi connectivity index (χ4n) is 2.11. The van der Waals surface area contributed by atoms with E-state index in [1.54, 1.807) is 18.2 Å². The minimum Gasteiger partial charge on any atom is -0.507 e. The first-order valence-electron chi connectivity index (χ1n) is 6.76. The number of phenolic OH excluding ortho intramolecular Hbond substituents is 1. The molecule has 5 nitrogen and oxygen atoms in total. The molecule has 0 saturated heterocycles. The van der Waals surface area contributed by atoms with E-state index in [-0.39, 0.29) is 11.7 Å². The number of hydrogen-bond donors (Lipinski definition) is 3. The molecule has 2 rings (SSSR count). The van der Waals surface area contributed by atoms with Crippen molar-refractivity contribution in [2.24, 2.45) is 0 Å². The maximum Gasteiger partial charge on any atom is 0.267 e. The lowest BCUT2D eigenvalue weighted by molar-refractivity contribution is -0.870. The summed E-state index contributed by atoms with van der Waals surface area (Å²) in [6.07, 6.45) is 0.931. The zero-order valence-corrected chi connectivity index (χ0v) is 12.2. The molecule has 0 atom stereocenters. The first-order chi connectivity index (χ1) is 9.37. The second-order valence-corrected chi connectivity index (χ2v) is 6.04. The van der Waals surface area contributed by atoms with E-state index in [9.17, 15) is 9.90 Å². The second kappa shape index (κ2) is 5.54. The van der Waals surface area contributed by atoms with E-state index in [1.807, 2.05) is 6.07 Å². The molecule has 0 radical (unpaired) electrons. The SMILES string of the molecule is C[N+](C)(C)CCCNC(=O)c1cc2c(O)cccc2[nH]1. The van der Waals surface area contributed by atoms with Crippen molar-refractivity contribution in [3.8, 4) is 5.75 Å². The Morgan fingerprint density at radius 2 is 2.10 bits per heavy atom. The van der Waals surface area contributed by atoms with Crippen molar-refractivity contribution in [3.05, 3.63) is 30.0 Å². The van der Waals surface area contributed by atoms with Crippen LogP contribution in [0.25, 0.3) is 10.9 Å². The van der Waals surface area contributed by atoms with Gasteiger partial charge < -0.3 is 19.9 Å². The van der Waals surface area contributed by atoms with Gasteiger partial charge in [0.2, 0.25) is 0 Å². The molecule has 3 N–H and O–H groups in total. The number of phenols is 1.